The van der Waals surface area contributed by atoms with E-state index >= 15 is 0 Å². The summed E-state index contributed by atoms with van der Waals surface area (Å²) in [5.74, 6) is 0. The number of aromatic nitrogens is 4. The molecule has 6 heteroatoms. The van der Waals surface area contributed by atoms with Crippen LogP contribution in [0.5, 0.6) is 0 Å². The van der Waals surface area contributed by atoms with E-state index in [4.69, 9.17) is 0 Å². The van der Waals surface area contributed by atoms with Gasteiger partial charge in [-0.3, -0.25) is 19.8 Å². The van der Waals surface area contributed by atoms with Gasteiger partial charge in [-0.25, -0.2) is 9.13 Å². The first-order valence-electron chi connectivity index (χ1n) is 5.90. The van der Waals surface area contributed by atoms with E-state index in [1.54, 1.807) is 22.5 Å². The number of H-pyrrole nitrogens is 2. The number of imidazole rings is 1. The molecule has 2 N–H and O–H groups in total. The van der Waals surface area contributed by atoms with Crippen LogP contribution in [-0.2, 0) is 13.6 Å². The van der Waals surface area contributed by atoms with Gasteiger partial charge in [-0.05, 0) is 5.56 Å². The molecular weight excluding hydrogens is 244 g/mol. The van der Waals surface area contributed by atoms with Crippen molar-refractivity contribution in [1.29, 1.82) is 0 Å². The van der Waals surface area contributed by atoms with Crippen molar-refractivity contribution in [2.45, 2.75) is 6.54 Å². The standard InChI is InChI=1S/C13H12N4O2/c1-16-8-17(7-9-5-3-2-4-6-9)11-10(16)12(18)14-15-13(11)19/h2-6,8H,7H2,1H3,(H-,14,15,18,19)/p+1. The second kappa shape index (κ2) is 4.24. The molecule has 0 saturated carbocycles. The minimum atomic E-state index is -0.302. The van der Waals surface area contributed by atoms with Gasteiger partial charge in [-0.15, -0.1) is 0 Å². The maximum Gasteiger partial charge on any atom is 0.314 e. The number of fused-ring (bicyclic) bond motifs is 1. The SMILES string of the molecule is C[n+]1cn(Cc2ccccc2)c2c(=O)[nH][nH]c(=O)c21. The van der Waals surface area contributed by atoms with Crippen molar-refractivity contribution in [2.75, 3.05) is 0 Å². The third kappa shape index (κ3) is 1.87. The van der Waals surface area contributed by atoms with Gasteiger partial charge >= 0.3 is 11.1 Å². The summed E-state index contributed by atoms with van der Waals surface area (Å²) in [5.41, 5.74) is 1.23. The normalized spacial score (nSPS) is 11.0. The minimum absolute atomic E-state index is 0.300. The Morgan fingerprint density at radius 2 is 1.79 bits per heavy atom. The molecule has 0 aliphatic carbocycles. The zero-order valence-electron chi connectivity index (χ0n) is 10.4. The highest BCUT2D eigenvalue weighted by Crippen LogP contribution is 2.06. The van der Waals surface area contributed by atoms with Gasteiger partial charge in [0.05, 0.1) is 7.05 Å². The number of aromatic amines is 2. The van der Waals surface area contributed by atoms with E-state index in [9.17, 15) is 9.59 Å². The van der Waals surface area contributed by atoms with E-state index in [1.165, 1.54) is 0 Å². The van der Waals surface area contributed by atoms with E-state index in [-0.39, 0.29) is 11.1 Å². The summed E-state index contributed by atoms with van der Waals surface area (Å²) < 4.78 is 3.44. The highest BCUT2D eigenvalue weighted by Gasteiger charge is 2.20. The van der Waals surface area contributed by atoms with Gasteiger partial charge in [-0.1, -0.05) is 30.3 Å². The van der Waals surface area contributed by atoms with Gasteiger partial charge in [0.15, 0.2) is 0 Å². The average molecular weight is 257 g/mol. The molecule has 19 heavy (non-hydrogen) atoms. The topological polar surface area (TPSA) is 74.5 Å². The summed E-state index contributed by atoms with van der Waals surface area (Å²) in [6.45, 7) is 0.546. The van der Waals surface area contributed by atoms with Crippen LogP contribution in [0.25, 0.3) is 11.0 Å². The summed E-state index contributed by atoms with van der Waals surface area (Å²) in [5, 5.41) is 4.69. The second-order valence-electron chi connectivity index (χ2n) is 4.45. The molecule has 0 radical (unpaired) electrons. The number of hydrogen-bond donors (Lipinski definition) is 2. The molecule has 0 spiro atoms. The minimum Gasteiger partial charge on any atom is -0.263 e. The number of hydrogen-bond acceptors (Lipinski definition) is 2. The Kier molecular flexibility index (Phi) is 2.56. The molecule has 0 amide bonds. The van der Waals surface area contributed by atoms with E-state index < -0.39 is 0 Å². The van der Waals surface area contributed by atoms with Crippen LogP contribution in [0.4, 0.5) is 0 Å². The number of rotatable bonds is 2. The fourth-order valence-electron chi connectivity index (χ4n) is 2.27. The van der Waals surface area contributed by atoms with Crippen molar-refractivity contribution in [3.63, 3.8) is 0 Å². The molecule has 0 atom stereocenters. The van der Waals surface area contributed by atoms with Crippen molar-refractivity contribution >= 4 is 11.0 Å². The monoisotopic (exact) mass is 257 g/mol. The molecule has 1 aromatic carbocycles. The van der Waals surface area contributed by atoms with Crippen LogP contribution in [0.2, 0.25) is 0 Å². The summed E-state index contributed by atoms with van der Waals surface area (Å²) in [4.78, 5) is 23.7. The summed E-state index contributed by atoms with van der Waals surface area (Å²) in [6.07, 6.45) is 1.75. The molecular formula is C13H13N4O2+. The Bertz CT molecular complexity index is 842. The van der Waals surface area contributed by atoms with Crippen LogP contribution in [0.1, 0.15) is 5.56 Å². The molecule has 0 bridgehead atoms. The highest BCUT2D eigenvalue weighted by atomic mass is 16.1. The first kappa shape index (κ1) is 11.5. The Balaban J connectivity index is 2.23. The van der Waals surface area contributed by atoms with Crippen molar-refractivity contribution in [1.82, 2.24) is 14.8 Å². The van der Waals surface area contributed by atoms with Gasteiger partial charge in [-0.2, -0.15) is 0 Å². The third-order valence-corrected chi connectivity index (χ3v) is 3.09. The molecule has 0 fully saturated rings. The molecule has 2 aromatic heterocycles. The zero-order valence-corrected chi connectivity index (χ0v) is 10.4. The predicted octanol–water partition coefficient (Wildman–Crippen LogP) is -0.109. The average Bonchev–Trinajstić information content (AvgIpc) is 2.73. The molecule has 0 saturated heterocycles. The molecule has 3 rings (SSSR count). The first-order valence-corrected chi connectivity index (χ1v) is 5.90. The molecule has 0 aliphatic heterocycles. The van der Waals surface area contributed by atoms with Crippen molar-refractivity contribution in [2.24, 2.45) is 7.05 Å². The second-order valence-corrected chi connectivity index (χ2v) is 4.45. The Morgan fingerprint density at radius 3 is 2.53 bits per heavy atom. The fourth-order valence-corrected chi connectivity index (χ4v) is 2.27. The molecule has 0 aliphatic rings. The highest BCUT2D eigenvalue weighted by molar-refractivity contribution is 5.69. The third-order valence-electron chi connectivity index (χ3n) is 3.09. The van der Waals surface area contributed by atoms with Crippen LogP contribution < -0.4 is 15.7 Å². The Hall–Kier alpha value is -2.63. The smallest absolute Gasteiger partial charge is 0.263 e. The van der Waals surface area contributed by atoms with Crippen LogP contribution in [0, 0.1) is 0 Å². The Labute approximate surface area is 107 Å². The number of nitrogens with zero attached hydrogens (tertiary/aromatic N) is 2. The van der Waals surface area contributed by atoms with E-state index in [2.05, 4.69) is 10.2 Å². The van der Waals surface area contributed by atoms with E-state index in [1.807, 2.05) is 30.3 Å². The molecule has 96 valence electrons. The predicted molar refractivity (Wildman–Crippen MR) is 69.9 cm³/mol. The maximum atomic E-state index is 11.9. The maximum absolute atomic E-state index is 11.9. The van der Waals surface area contributed by atoms with E-state index in [0.29, 0.717) is 17.6 Å². The van der Waals surface area contributed by atoms with Crippen LogP contribution >= 0.6 is 0 Å². The van der Waals surface area contributed by atoms with Crippen LogP contribution in [0.15, 0.2) is 46.2 Å². The first-order chi connectivity index (χ1) is 9.16. The van der Waals surface area contributed by atoms with Gasteiger partial charge in [0.25, 0.3) is 0 Å². The van der Waals surface area contributed by atoms with Gasteiger partial charge in [0.1, 0.15) is 6.54 Å². The van der Waals surface area contributed by atoms with Crippen LogP contribution in [0.3, 0.4) is 0 Å². The lowest BCUT2D eigenvalue weighted by atomic mass is 10.2. The summed E-state index contributed by atoms with van der Waals surface area (Å²) in [7, 11) is 1.75. The molecule has 0 unspecified atom stereocenters. The van der Waals surface area contributed by atoms with Crippen molar-refractivity contribution < 1.29 is 4.57 Å². The lowest BCUT2D eigenvalue weighted by Gasteiger charge is -1.97. The molecule has 6 nitrogen and oxygen atoms in total. The van der Waals surface area contributed by atoms with Crippen molar-refractivity contribution in [3.8, 4) is 0 Å². The van der Waals surface area contributed by atoms with E-state index in [0.717, 1.165) is 5.56 Å². The van der Waals surface area contributed by atoms with Crippen molar-refractivity contribution in [3.05, 3.63) is 62.9 Å². The summed E-state index contributed by atoms with van der Waals surface area (Å²) >= 11 is 0. The fraction of sp³-hybridized carbons (Fsp3) is 0.154. The quantitative estimate of drug-likeness (QED) is 0.629. The Morgan fingerprint density at radius 1 is 1.11 bits per heavy atom. The largest absolute Gasteiger partial charge is 0.314 e. The zero-order chi connectivity index (χ0) is 13.4. The lowest BCUT2D eigenvalue weighted by molar-refractivity contribution is -0.646. The molecule has 3 aromatic rings. The van der Waals surface area contributed by atoms with Crippen LogP contribution in [-0.4, -0.2) is 14.8 Å². The van der Waals surface area contributed by atoms with Gasteiger partial charge in [0.2, 0.25) is 17.4 Å². The molecule has 2 heterocycles. The number of aryl methyl sites for hydroxylation is 1. The number of benzene rings is 1. The number of nitrogens with one attached hydrogen (secondary N) is 2. The lowest BCUT2D eigenvalue weighted by Crippen LogP contribution is -2.33. The summed E-state index contributed by atoms with van der Waals surface area (Å²) in [6, 6.07) is 9.78. The van der Waals surface area contributed by atoms with Gasteiger partial charge < -0.3 is 0 Å². The van der Waals surface area contributed by atoms with Gasteiger partial charge in [0, 0.05) is 0 Å².